The molecule has 106 valence electrons. The van der Waals surface area contributed by atoms with Gasteiger partial charge < -0.3 is 5.73 Å². The van der Waals surface area contributed by atoms with Gasteiger partial charge in [-0.3, -0.25) is 0 Å². The van der Waals surface area contributed by atoms with Crippen molar-refractivity contribution in [2.45, 2.75) is 22.9 Å². The van der Waals surface area contributed by atoms with Crippen LogP contribution < -0.4 is 5.73 Å². The van der Waals surface area contributed by atoms with Gasteiger partial charge in [0.05, 0.1) is 5.52 Å². The molecule has 0 saturated carbocycles. The van der Waals surface area contributed by atoms with Crippen molar-refractivity contribution < 1.29 is 4.39 Å². The molecule has 2 aromatic carbocycles. The number of nitrogens with two attached hydrogens (primary N) is 1. The van der Waals surface area contributed by atoms with Crippen molar-refractivity contribution in [1.82, 2.24) is 9.97 Å². The van der Waals surface area contributed by atoms with Crippen LogP contribution in [-0.2, 0) is 0 Å². The minimum atomic E-state index is -0.279. The summed E-state index contributed by atoms with van der Waals surface area (Å²) in [6.45, 7) is 1.84. The summed E-state index contributed by atoms with van der Waals surface area (Å²) in [7, 11) is 0. The zero-order valence-electron chi connectivity index (χ0n) is 11.5. The fraction of sp³-hybridized carbons (Fsp3) is 0.125. The maximum Gasteiger partial charge on any atom is 0.123 e. The summed E-state index contributed by atoms with van der Waals surface area (Å²) in [6, 6.07) is 12.2. The molecular weight excluding hydrogens is 285 g/mol. The van der Waals surface area contributed by atoms with E-state index in [-0.39, 0.29) is 11.9 Å². The number of halogens is 1. The van der Waals surface area contributed by atoms with E-state index in [0.717, 1.165) is 26.4 Å². The molecule has 2 N–H and O–H groups in total. The summed E-state index contributed by atoms with van der Waals surface area (Å²) in [5.74, 6) is -0.279. The van der Waals surface area contributed by atoms with E-state index in [2.05, 4.69) is 9.97 Å². The molecule has 3 aromatic rings. The topological polar surface area (TPSA) is 51.8 Å². The predicted octanol–water partition coefficient (Wildman–Crippen LogP) is 3.94. The van der Waals surface area contributed by atoms with Crippen LogP contribution in [0.2, 0.25) is 0 Å². The molecule has 0 amide bonds. The number of benzene rings is 2. The lowest BCUT2D eigenvalue weighted by atomic mass is 10.1. The highest BCUT2D eigenvalue weighted by molar-refractivity contribution is 7.99. The van der Waals surface area contributed by atoms with Gasteiger partial charge in [0.2, 0.25) is 0 Å². The van der Waals surface area contributed by atoms with E-state index in [1.807, 2.05) is 31.2 Å². The minimum absolute atomic E-state index is 0.240. The molecule has 0 aliphatic heterocycles. The van der Waals surface area contributed by atoms with Crippen molar-refractivity contribution in [2.75, 3.05) is 0 Å². The van der Waals surface area contributed by atoms with Gasteiger partial charge in [-0.25, -0.2) is 14.4 Å². The molecule has 0 saturated heterocycles. The molecule has 0 aliphatic carbocycles. The van der Waals surface area contributed by atoms with Gasteiger partial charge in [-0.2, -0.15) is 0 Å². The van der Waals surface area contributed by atoms with E-state index in [1.54, 1.807) is 12.4 Å². The molecule has 0 aliphatic rings. The van der Waals surface area contributed by atoms with Crippen LogP contribution in [0.3, 0.4) is 0 Å². The molecule has 1 atom stereocenters. The monoisotopic (exact) mass is 299 g/mol. The Hall–Kier alpha value is -1.98. The highest BCUT2D eigenvalue weighted by atomic mass is 32.2. The smallest absolute Gasteiger partial charge is 0.123 e. The first-order chi connectivity index (χ1) is 10.1. The average molecular weight is 299 g/mol. The zero-order chi connectivity index (χ0) is 14.8. The second-order valence-electron chi connectivity index (χ2n) is 4.77. The summed E-state index contributed by atoms with van der Waals surface area (Å²) in [5, 5.41) is 1.82. The van der Waals surface area contributed by atoms with Gasteiger partial charge in [-0.15, -0.1) is 0 Å². The highest BCUT2D eigenvalue weighted by Crippen LogP contribution is 2.35. The number of fused-ring (bicyclic) bond motifs is 1. The van der Waals surface area contributed by atoms with Crippen molar-refractivity contribution in [2.24, 2.45) is 5.73 Å². The molecule has 0 spiro atoms. The summed E-state index contributed by atoms with van der Waals surface area (Å²) >= 11 is 1.48. The lowest BCUT2D eigenvalue weighted by Crippen LogP contribution is -2.07. The SMILES string of the molecule is C[C@@H](N)c1cc(F)ccc1Sc1ncnc2ccccc12. The Bertz CT molecular complexity index is 784. The Labute approximate surface area is 126 Å². The van der Waals surface area contributed by atoms with Crippen LogP contribution in [-0.4, -0.2) is 9.97 Å². The van der Waals surface area contributed by atoms with Crippen LogP contribution in [0.15, 0.2) is 58.7 Å². The van der Waals surface area contributed by atoms with E-state index < -0.39 is 0 Å². The third kappa shape index (κ3) is 2.89. The van der Waals surface area contributed by atoms with Gasteiger partial charge in [0.15, 0.2) is 0 Å². The highest BCUT2D eigenvalue weighted by Gasteiger charge is 2.12. The third-order valence-electron chi connectivity index (χ3n) is 3.18. The van der Waals surface area contributed by atoms with Crippen LogP contribution >= 0.6 is 11.8 Å². The van der Waals surface area contributed by atoms with Gasteiger partial charge in [0.25, 0.3) is 0 Å². The molecule has 1 heterocycles. The predicted molar refractivity (Wildman–Crippen MR) is 82.7 cm³/mol. The Morgan fingerprint density at radius 1 is 1.14 bits per heavy atom. The Kier molecular flexibility index (Phi) is 3.86. The molecule has 0 bridgehead atoms. The van der Waals surface area contributed by atoms with E-state index >= 15 is 0 Å². The molecule has 1 aromatic heterocycles. The van der Waals surface area contributed by atoms with Gasteiger partial charge in [-0.05, 0) is 36.8 Å². The standard InChI is InChI=1S/C16H14FN3S/c1-10(18)13-8-11(17)6-7-15(13)21-16-12-4-2-3-5-14(12)19-9-20-16/h2-10H,18H2,1H3/t10-/m1/s1. The second-order valence-corrected chi connectivity index (χ2v) is 5.80. The van der Waals surface area contributed by atoms with E-state index in [0.29, 0.717) is 0 Å². The largest absolute Gasteiger partial charge is 0.324 e. The third-order valence-corrected chi connectivity index (χ3v) is 4.29. The molecule has 21 heavy (non-hydrogen) atoms. The number of hydrogen-bond donors (Lipinski definition) is 1. The van der Waals surface area contributed by atoms with Gasteiger partial charge >= 0.3 is 0 Å². The Morgan fingerprint density at radius 2 is 1.95 bits per heavy atom. The number of hydrogen-bond acceptors (Lipinski definition) is 4. The van der Waals surface area contributed by atoms with Crippen molar-refractivity contribution in [3.8, 4) is 0 Å². The fourth-order valence-electron chi connectivity index (χ4n) is 2.13. The molecule has 0 radical (unpaired) electrons. The first-order valence-electron chi connectivity index (χ1n) is 6.58. The maximum absolute atomic E-state index is 13.4. The van der Waals surface area contributed by atoms with E-state index in [1.165, 1.54) is 23.9 Å². The van der Waals surface area contributed by atoms with Gasteiger partial charge in [-0.1, -0.05) is 30.0 Å². The van der Waals surface area contributed by atoms with Gasteiger partial charge in [0.1, 0.15) is 17.2 Å². The molecular formula is C16H14FN3S. The van der Waals surface area contributed by atoms with E-state index in [4.69, 9.17) is 5.73 Å². The maximum atomic E-state index is 13.4. The number of aromatic nitrogens is 2. The van der Waals surface area contributed by atoms with Crippen molar-refractivity contribution >= 4 is 22.7 Å². The quantitative estimate of drug-likeness (QED) is 0.744. The zero-order valence-corrected chi connectivity index (χ0v) is 12.3. The van der Waals surface area contributed by atoms with Crippen LogP contribution in [0.4, 0.5) is 4.39 Å². The summed E-state index contributed by atoms with van der Waals surface area (Å²) < 4.78 is 13.4. The summed E-state index contributed by atoms with van der Waals surface area (Å²) in [5.41, 5.74) is 7.61. The molecule has 3 rings (SSSR count). The van der Waals surface area contributed by atoms with Gasteiger partial charge in [0, 0.05) is 16.3 Å². The number of rotatable bonds is 3. The van der Waals surface area contributed by atoms with Crippen LogP contribution in [0, 0.1) is 5.82 Å². The summed E-state index contributed by atoms with van der Waals surface area (Å²) in [6.07, 6.45) is 1.54. The molecule has 5 heteroatoms. The van der Waals surface area contributed by atoms with E-state index in [9.17, 15) is 4.39 Å². The average Bonchev–Trinajstić information content (AvgIpc) is 2.49. The first-order valence-corrected chi connectivity index (χ1v) is 7.39. The number of nitrogens with zero attached hydrogens (tertiary/aromatic N) is 2. The Morgan fingerprint density at radius 3 is 2.76 bits per heavy atom. The minimum Gasteiger partial charge on any atom is -0.324 e. The first kappa shape index (κ1) is 14.0. The molecule has 3 nitrogen and oxygen atoms in total. The van der Waals surface area contributed by atoms with Crippen molar-refractivity contribution in [3.63, 3.8) is 0 Å². The van der Waals surface area contributed by atoms with Crippen molar-refractivity contribution in [3.05, 3.63) is 60.2 Å². The lowest BCUT2D eigenvalue weighted by Gasteiger charge is -2.12. The van der Waals surface area contributed by atoms with Crippen molar-refractivity contribution in [1.29, 1.82) is 0 Å². The van der Waals surface area contributed by atoms with Crippen LogP contribution in [0.25, 0.3) is 10.9 Å². The summed E-state index contributed by atoms with van der Waals surface area (Å²) in [4.78, 5) is 9.50. The molecule has 0 fully saturated rings. The Balaban J connectivity index is 2.07. The normalized spacial score (nSPS) is 12.5. The van der Waals surface area contributed by atoms with Crippen LogP contribution in [0.1, 0.15) is 18.5 Å². The number of para-hydroxylation sites is 1. The van der Waals surface area contributed by atoms with Crippen LogP contribution in [0.5, 0.6) is 0 Å². The fourth-order valence-corrected chi connectivity index (χ4v) is 3.22. The lowest BCUT2D eigenvalue weighted by molar-refractivity contribution is 0.619. The molecule has 0 unspecified atom stereocenters. The second kappa shape index (κ2) is 5.79.